The van der Waals surface area contributed by atoms with Gasteiger partial charge in [-0.3, -0.25) is 9.59 Å². The minimum Gasteiger partial charge on any atom is -0.376 e. The molecule has 0 radical (unpaired) electrons. The minimum absolute atomic E-state index is 0.0790. The summed E-state index contributed by atoms with van der Waals surface area (Å²) in [5, 5.41) is 9.35. The van der Waals surface area contributed by atoms with Crippen LogP contribution in [0.1, 0.15) is 24.2 Å². The molecule has 0 aliphatic rings. The lowest BCUT2D eigenvalue weighted by Crippen LogP contribution is -2.30. The Kier molecular flexibility index (Phi) is 6.67. The molecule has 2 amide bonds. The zero-order valence-electron chi connectivity index (χ0n) is 13.9. The number of carbonyl (C=O) groups is 2. The van der Waals surface area contributed by atoms with E-state index < -0.39 is 0 Å². The Balaban J connectivity index is 1.87. The van der Waals surface area contributed by atoms with E-state index in [-0.39, 0.29) is 24.4 Å². The monoisotopic (exact) mass is 379 g/mol. The lowest BCUT2D eigenvalue weighted by Gasteiger charge is -2.10. The number of anilines is 2. The summed E-state index contributed by atoms with van der Waals surface area (Å²) >= 11 is 11.7. The number of amides is 2. The van der Waals surface area contributed by atoms with Gasteiger partial charge in [0.05, 0.1) is 16.6 Å². The van der Waals surface area contributed by atoms with Crippen molar-refractivity contribution in [1.29, 1.82) is 0 Å². The van der Waals surface area contributed by atoms with Crippen LogP contribution < -0.4 is 16.0 Å². The number of hydrogen-bond donors (Lipinski definition) is 3. The zero-order valence-corrected chi connectivity index (χ0v) is 15.4. The van der Waals surface area contributed by atoms with Crippen molar-refractivity contribution in [2.24, 2.45) is 0 Å². The van der Waals surface area contributed by atoms with Crippen molar-refractivity contribution in [3.05, 3.63) is 58.1 Å². The molecule has 7 heteroatoms. The lowest BCUT2D eigenvalue weighted by molar-refractivity contribution is -0.114. The van der Waals surface area contributed by atoms with Gasteiger partial charge in [0, 0.05) is 23.0 Å². The molecule has 0 aromatic heterocycles. The Morgan fingerprint density at radius 1 is 0.960 bits per heavy atom. The third-order valence-electron chi connectivity index (χ3n) is 3.22. The van der Waals surface area contributed by atoms with Gasteiger partial charge in [0.2, 0.25) is 5.91 Å². The molecule has 132 valence electrons. The fourth-order valence-corrected chi connectivity index (χ4v) is 2.34. The summed E-state index contributed by atoms with van der Waals surface area (Å²) in [6.07, 6.45) is 0. The first-order valence-corrected chi connectivity index (χ1v) is 8.50. The molecule has 0 fully saturated rings. The van der Waals surface area contributed by atoms with Crippen LogP contribution >= 0.6 is 23.2 Å². The highest BCUT2D eigenvalue weighted by Crippen LogP contribution is 2.24. The van der Waals surface area contributed by atoms with E-state index in [9.17, 15) is 9.59 Å². The van der Waals surface area contributed by atoms with Gasteiger partial charge in [-0.05, 0) is 56.3 Å². The predicted molar refractivity (Wildman–Crippen MR) is 103 cm³/mol. The first-order valence-electron chi connectivity index (χ1n) is 7.75. The van der Waals surface area contributed by atoms with Gasteiger partial charge in [0.1, 0.15) is 0 Å². The van der Waals surface area contributed by atoms with Gasteiger partial charge in [0.15, 0.2) is 0 Å². The van der Waals surface area contributed by atoms with Crippen molar-refractivity contribution in [1.82, 2.24) is 5.32 Å². The van der Waals surface area contributed by atoms with E-state index >= 15 is 0 Å². The van der Waals surface area contributed by atoms with Crippen LogP contribution in [0.3, 0.4) is 0 Å². The molecule has 0 bridgehead atoms. The minimum atomic E-state index is -0.222. The average Bonchev–Trinajstić information content (AvgIpc) is 2.56. The van der Waals surface area contributed by atoms with Crippen molar-refractivity contribution in [3.8, 4) is 0 Å². The summed E-state index contributed by atoms with van der Waals surface area (Å²) < 4.78 is 0. The second-order valence-electron chi connectivity index (χ2n) is 5.74. The fraction of sp³-hybridized carbons (Fsp3) is 0.222. The molecule has 5 nitrogen and oxygen atoms in total. The van der Waals surface area contributed by atoms with Gasteiger partial charge < -0.3 is 16.0 Å². The topological polar surface area (TPSA) is 70.2 Å². The molecule has 2 aromatic rings. The average molecular weight is 380 g/mol. The van der Waals surface area contributed by atoms with E-state index in [0.717, 1.165) is 5.69 Å². The normalized spacial score (nSPS) is 10.4. The summed E-state index contributed by atoms with van der Waals surface area (Å²) in [7, 11) is 0. The summed E-state index contributed by atoms with van der Waals surface area (Å²) in [4.78, 5) is 23.8. The van der Waals surface area contributed by atoms with E-state index in [1.54, 1.807) is 42.5 Å². The first-order chi connectivity index (χ1) is 11.8. The quantitative estimate of drug-likeness (QED) is 0.704. The molecule has 0 heterocycles. The van der Waals surface area contributed by atoms with Crippen molar-refractivity contribution >= 4 is 46.4 Å². The Hall–Kier alpha value is -2.24. The van der Waals surface area contributed by atoms with E-state index in [4.69, 9.17) is 23.2 Å². The molecule has 2 rings (SSSR count). The highest BCUT2D eigenvalue weighted by molar-refractivity contribution is 6.42. The highest BCUT2D eigenvalue weighted by Gasteiger charge is 2.08. The third kappa shape index (κ3) is 5.96. The zero-order chi connectivity index (χ0) is 18.4. The van der Waals surface area contributed by atoms with Crippen LogP contribution in [0.25, 0.3) is 0 Å². The number of halogens is 2. The number of benzene rings is 2. The van der Waals surface area contributed by atoms with E-state index in [1.165, 1.54) is 0 Å². The Morgan fingerprint density at radius 3 is 2.20 bits per heavy atom. The van der Waals surface area contributed by atoms with Gasteiger partial charge in [0.25, 0.3) is 5.91 Å². The van der Waals surface area contributed by atoms with E-state index in [1.807, 2.05) is 13.8 Å². The molecule has 2 aromatic carbocycles. The van der Waals surface area contributed by atoms with Crippen LogP contribution in [0, 0.1) is 0 Å². The summed E-state index contributed by atoms with van der Waals surface area (Å²) in [6.45, 7) is 3.89. The Morgan fingerprint density at radius 2 is 1.60 bits per heavy atom. The molecular formula is C18H19Cl2N3O2. The van der Waals surface area contributed by atoms with Crippen LogP contribution in [0.15, 0.2) is 42.5 Å². The summed E-state index contributed by atoms with van der Waals surface area (Å²) in [5.41, 5.74) is 1.88. The molecule has 0 spiro atoms. The maximum Gasteiger partial charge on any atom is 0.251 e. The number of hydrogen-bond acceptors (Lipinski definition) is 3. The molecule has 3 N–H and O–H groups in total. The molecule has 0 unspecified atom stereocenters. The molecule has 25 heavy (non-hydrogen) atoms. The fourth-order valence-electron chi connectivity index (χ4n) is 2.05. The van der Waals surface area contributed by atoms with Crippen molar-refractivity contribution in [2.45, 2.75) is 19.9 Å². The van der Waals surface area contributed by atoms with Gasteiger partial charge in [-0.25, -0.2) is 0 Å². The maximum atomic E-state index is 12.0. The van der Waals surface area contributed by atoms with Crippen LogP contribution in [-0.2, 0) is 4.79 Å². The molecule has 0 saturated carbocycles. The molecule has 0 aliphatic heterocycles. The van der Waals surface area contributed by atoms with Crippen molar-refractivity contribution in [3.63, 3.8) is 0 Å². The molecule has 0 aliphatic carbocycles. The van der Waals surface area contributed by atoms with Gasteiger partial charge in [-0.2, -0.15) is 0 Å². The number of nitrogens with one attached hydrogen (secondary N) is 3. The van der Waals surface area contributed by atoms with Gasteiger partial charge >= 0.3 is 0 Å². The first kappa shape index (κ1) is 19.1. The second-order valence-corrected chi connectivity index (χ2v) is 6.55. The number of carbonyl (C=O) groups excluding carboxylic acids is 2. The van der Waals surface area contributed by atoms with E-state index in [0.29, 0.717) is 21.3 Å². The smallest absolute Gasteiger partial charge is 0.251 e. The van der Waals surface area contributed by atoms with Crippen LogP contribution in [-0.4, -0.2) is 24.4 Å². The molecular weight excluding hydrogens is 361 g/mol. The predicted octanol–water partition coefficient (Wildman–Crippen LogP) is 4.18. The van der Waals surface area contributed by atoms with Crippen LogP contribution in [0.4, 0.5) is 11.4 Å². The molecule has 0 atom stereocenters. The van der Waals surface area contributed by atoms with Gasteiger partial charge in [-0.1, -0.05) is 23.2 Å². The van der Waals surface area contributed by atoms with Crippen LogP contribution in [0.2, 0.25) is 10.0 Å². The van der Waals surface area contributed by atoms with Crippen molar-refractivity contribution in [2.75, 3.05) is 17.2 Å². The third-order valence-corrected chi connectivity index (χ3v) is 3.96. The Bertz CT molecular complexity index is 761. The summed E-state index contributed by atoms with van der Waals surface area (Å²) in [5.74, 6) is -0.348. The van der Waals surface area contributed by atoms with E-state index in [2.05, 4.69) is 16.0 Å². The largest absolute Gasteiger partial charge is 0.376 e. The molecule has 0 saturated heterocycles. The lowest BCUT2D eigenvalue weighted by atomic mass is 10.2. The number of rotatable bonds is 6. The second kappa shape index (κ2) is 8.74. The summed E-state index contributed by atoms with van der Waals surface area (Å²) in [6, 6.07) is 11.9. The highest BCUT2D eigenvalue weighted by atomic mass is 35.5. The van der Waals surface area contributed by atoms with Crippen molar-refractivity contribution < 1.29 is 9.59 Å². The standard InChI is InChI=1S/C18H19Cl2N3O2/c1-11(2)22-18(25)12-3-5-13(6-4-12)21-10-17(24)23-14-7-8-15(19)16(20)9-14/h3-9,11,21H,10H2,1-2H3,(H,22,25)(H,23,24). The SMILES string of the molecule is CC(C)NC(=O)c1ccc(NCC(=O)Nc2ccc(Cl)c(Cl)c2)cc1. The maximum absolute atomic E-state index is 12.0. The van der Waals surface area contributed by atoms with Gasteiger partial charge in [-0.15, -0.1) is 0 Å². The van der Waals surface area contributed by atoms with Crippen LogP contribution in [0.5, 0.6) is 0 Å². The Labute approximate surface area is 156 Å².